The number of fused-ring (bicyclic) bond motifs is 1. The highest BCUT2D eigenvalue weighted by molar-refractivity contribution is 6.30. The van der Waals surface area contributed by atoms with Gasteiger partial charge in [0, 0.05) is 6.20 Å². The zero-order chi connectivity index (χ0) is 13.4. The Balaban J connectivity index is 2.19. The topological polar surface area (TPSA) is 76.2 Å². The van der Waals surface area contributed by atoms with Crippen molar-refractivity contribution in [3.05, 3.63) is 47.1 Å². The summed E-state index contributed by atoms with van der Waals surface area (Å²) in [5.74, 6) is -0.783. The lowest BCUT2D eigenvalue weighted by Crippen LogP contribution is -1.96. The number of nitrogens with zero attached hydrogens (tertiary/aromatic N) is 2. The monoisotopic (exact) mass is 274 g/mol. The molecule has 0 aliphatic rings. The minimum Gasteiger partial charge on any atom is -0.478 e. The predicted molar refractivity (Wildman–Crippen MR) is 69.2 cm³/mol. The van der Waals surface area contributed by atoms with E-state index in [-0.39, 0.29) is 11.5 Å². The smallest absolute Gasteiger partial charge is 0.338 e. The Bertz CT molecular complexity index is 765. The van der Waals surface area contributed by atoms with E-state index >= 15 is 0 Å². The highest BCUT2D eigenvalue weighted by Crippen LogP contribution is 2.25. The van der Waals surface area contributed by atoms with Crippen molar-refractivity contribution in [3.8, 4) is 11.6 Å². The molecule has 3 rings (SSSR count). The van der Waals surface area contributed by atoms with Crippen LogP contribution < -0.4 is 0 Å². The SMILES string of the molecule is O=C(O)c1cccc2oc(-c3ccc(Cl)cn3)nc12. The lowest BCUT2D eigenvalue weighted by Gasteiger charge is -1.93. The third-order valence-corrected chi connectivity index (χ3v) is 2.82. The molecule has 0 unspecified atom stereocenters. The fraction of sp³-hybridized carbons (Fsp3) is 0. The second-order valence-electron chi connectivity index (χ2n) is 3.84. The van der Waals surface area contributed by atoms with E-state index in [0.717, 1.165) is 0 Å². The van der Waals surface area contributed by atoms with Gasteiger partial charge >= 0.3 is 5.97 Å². The molecule has 1 aromatic carbocycles. The van der Waals surface area contributed by atoms with E-state index in [9.17, 15) is 4.79 Å². The third kappa shape index (κ3) is 2.04. The van der Waals surface area contributed by atoms with E-state index in [2.05, 4.69) is 9.97 Å². The van der Waals surface area contributed by atoms with E-state index in [0.29, 0.717) is 21.8 Å². The van der Waals surface area contributed by atoms with E-state index in [1.165, 1.54) is 12.3 Å². The van der Waals surface area contributed by atoms with Crippen molar-refractivity contribution in [2.75, 3.05) is 0 Å². The zero-order valence-corrected chi connectivity index (χ0v) is 10.3. The molecule has 6 heteroatoms. The van der Waals surface area contributed by atoms with E-state index in [4.69, 9.17) is 21.1 Å². The Labute approximate surface area is 112 Å². The Hall–Kier alpha value is -2.40. The van der Waals surface area contributed by atoms with Crippen molar-refractivity contribution in [1.29, 1.82) is 0 Å². The van der Waals surface area contributed by atoms with Crippen LogP contribution >= 0.6 is 11.6 Å². The summed E-state index contributed by atoms with van der Waals surface area (Å²) in [5.41, 5.74) is 1.31. The molecule has 0 aliphatic heterocycles. The van der Waals surface area contributed by atoms with Crippen molar-refractivity contribution in [3.63, 3.8) is 0 Å². The van der Waals surface area contributed by atoms with Crippen LogP contribution in [-0.2, 0) is 0 Å². The lowest BCUT2D eigenvalue weighted by atomic mass is 10.2. The van der Waals surface area contributed by atoms with Crippen LogP contribution in [0.4, 0.5) is 0 Å². The molecule has 0 radical (unpaired) electrons. The maximum atomic E-state index is 11.1. The van der Waals surface area contributed by atoms with Gasteiger partial charge in [-0.25, -0.2) is 14.8 Å². The number of carboxylic acids is 1. The molecule has 0 spiro atoms. The summed E-state index contributed by atoms with van der Waals surface area (Å²) in [6.07, 6.45) is 1.48. The number of oxazole rings is 1. The summed E-state index contributed by atoms with van der Waals surface area (Å²) < 4.78 is 5.50. The Morgan fingerprint density at radius 1 is 1.26 bits per heavy atom. The van der Waals surface area contributed by atoms with Gasteiger partial charge in [0.05, 0.1) is 10.6 Å². The molecule has 1 N–H and O–H groups in total. The van der Waals surface area contributed by atoms with Crippen molar-refractivity contribution < 1.29 is 14.3 Å². The van der Waals surface area contributed by atoms with Gasteiger partial charge in [-0.05, 0) is 24.3 Å². The van der Waals surface area contributed by atoms with Crippen LogP contribution in [-0.4, -0.2) is 21.0 Å². The molecule has 3 aromatic rings. The summed E-state index contributed by atoms with van der Waals surface area (Å²) in [6.45, 7) is 0. The molecule has 0 amide bonds. The summed E-state index contributed by atoms with van der Waals surface area (Å²) in [6, 6.07) is 8.07. The molecule has 19 heavy (non-hydrogen) atoms. The van der Waals surface area contributed by atoms with E-state index in [1.807, 2.05) is 0 Å². The molecule has 0 saturated heterocycles. The van der Waals surface area contributed by atoms with Gasteiger partial charge < -0.3 is 9.52 Å². The first-order valence-corrected chi connectivity index (χ1v) is 5.78. The van der Waals surface area contributed by atoms with Crippen LogP contribution in [0.5, 0.6) is 0 Å². The molecule has 2 heterocycles. The van der Waals surface area contributed by atoms with Gasteiger partial charge in [0.25, 0.3) is 0 Å². The maximum absolute atomic E-state index is 11.1. The second-order valence-corrected chi connectivity index (χ2v) is 4.27. The normalized spacial score (nSPS) is 10.8. The van der Waals surface area contributed by atoms with Crippen molar-refractivity contribution in [2.24, 2.45) is 0 Å². The van der Waals surface area contributed by atoms with Gasteiger partial charge in [-0.15, -0.1) is 0 Å². The number of carbonyl (C=O) groups is 1. The lowest BCUT2D eigenvalue weighted by molar-refractivity contribution is 0.0699. The molecule has 0 fully saturated rings. The number of benzene rings is 1. The highest BCUT2D eigenvalue weighted by atomic mass is 35.5. The minimum absolute atomic E-state index is 0.0986. The van der Waals surface area contributed by atoms with Crippen LogP contribution in [0.2, 0.25) is 5.02 Å². The summed E-state index contributed by atoms with van der Waals surface area (Å²) in [7, 11) is 0. The first-order chi connectivity index (χ1) is 9.15. The Morgan fingerprint density at radius 2 is 2.11 bits per heavy atom. The molecular formula is C13H7ClN2O3. The van der Waals surface area contributed by atoms with Gasteiger partial charge in [-0.1, -0.05) is 17.7 Å². The van der Waals surface area contributed by atoms with Crippen LogP contribution in [0.1, 0.15) is 10.4 Å². The number of hydrogen-bond donors (Lipinski definition) is 1. The first kappa shape index (κ1) is 11.7. The minimum atomic E-state index is -1.05. The van der Waals surface area contributed by atoms with Crippen molar-refractivity contribution >= 4 is 28.7 Å². The van der Waals surface area contributed by atoms with Gasteiger partial charge in [-0.2, -0.15) is 0 Å². The Morgan fingerprint density at radius 3 is 2.79 bits per heavy atom. The molecule has 0 saturated carbocycles. The fourth-order valence-corrected chi connectivity index (χ4v) is 1.84. The Kier molecular flexibility index (Phi) is 2.68. The standard InChI is InChI=1S/C13H7ClN2O3/c14-7-4-5-9(15-6-7)12-16-11-8(13(17)18)2-1-3-10(11)19-12/h1-6H,(H,17,18). The van der Waals surface area contributed by atoms with Crippen LogP contribution in [0.3, 0.4) is 0 Å². The van der Waals surface area contributed by atoms with Crippen molar-refractivity contribution in [1.82, 2.24) is 9.97 Å². The van der Waals surface area contributed by atoms with Crippen molar-refractivity contribution in [2.45, 2.75) is 0 Å². The number of aromatic carboxylic acids is 1. The second kappa shape index (κ2) is 4.37. The number of carboxylic acid groups (broad SMARTS) is 1. The third-order valence-electron chi connectivity index (χ3n) is 2.60. The fourth-order valence-electron chi connectivity index (χ4n) is 1.73. The van der Waals surface area contributed by atoms with E-state index in [1.54, 1.807) is 24.3 Å². The predicted octanol–water partition coefficient (Wildman–Crippen LogP) is 3.24. The van der Waals surface area contributed by atoms with Gasteiger partial charge in [-0.3, -0.25) is 0 Å². The van der Waals surface area contributed by atoms with Crippen LogP contribution in [0.25, 0.3) is 22.7 Å². The molecular weight excluding hydrogens is 268 g/mol. The molecule has 94 valence electrons. The maximum Gasteiger partial charge on any atom is 0.338 e. The summed E-state index contributed by atoms with van der Waals surface area (Å²) >= 11 is 5.75. The largest absolute Gasteiger partial charge is 0.478 e. The average molecular weight is 275 g/mol. The molecule has 0 atom stereocenters. The van der Waals surface area contributed by atoms with Gasteiger partial charge in [0.2, 0.25) is 5.89 Å². The molecule has 0 aliphatic carbocycles. The van der Waals surface area contributed by atoms with Crippen LogP contribution in [0.15, 0.2) is 40.9 Å². The summed E-state index contributed by atoms with van der Waals surface area (Å²) in [4.78, 5) is 19.4. The highest BCUT2D eigenvalue weighted by Gasteiger charge is 2.15. The number of halogens is 1. The number of para-hydroxylation sites is 1. The quantitative estimate of drug-likeness (QED) is 0.776. The first-order valence-electron chi connectivity index (χ1n) is 5.40. The van der Waals surface area contributed by atoms with Gasteiger partial charge in [0.1, 0.15) is 11.2 Å². The number of pyridine rings is 1. The van der Waals surface area contributed by atoms with E-state index < -0.39 is 5.97 Å². The summed E-state index contributed by atoms with van der Waals surface area (Å²) in [5, 5.41) is 9.59. The molecule has 5 nitrogen and oxygen atoms in total. The zero-order valence-electron chi connectivity index (χ0n) is 9.50. The van der Waals surface area contributed by atoms with Gasteiger partial charge in [0.15, 0.2) is 5.58 Å². The molecule has 0 bridgehead atoms. The number of hydrogen-bond acceptors (Lipinski definition) is 4. The number of rotatable bonds is 2. The van der Waals surface area contributed by atoms with Crippen LogP contribution in [0, 0.1) is 0 Å². The molecule has 2 aromatic heterocycles. The average Bonchev–Trinajstić information content (AvgIpc) is 2.82. The number of aromatic nitrogens is 2.